The molecule has 5 heteroatoms. The topological polar surface area (TPSA) is 66.4 Å². The molecular formula is C11H8ClNO3. The standard InChI is InChI=1S/C11H8ClNO3/c1-2-3-10(14)13-7-4-5-9(12)8(6-7)11(15)16/h4-6H,1H3,(H,13,14)(H,15,16). The Hall–Kier alpha value is -1.99. The molecule has 0 aromatic heterocycles. The van der Waals surface area contributed by atoms with Crippen molar-refractivity contribution >= 4 is 29.2 Å². The summed E-state index contributed by atoms with van der Waals surface area (Å²) in [7, 11) is 0. The molecule has 0 bridgehead atoms. The lowest BCUT2D eigenvalue weighted by molar-refractivity contribution is -0.111. The van der Waals surface area contributed by atoms with Crippen LogP contribution in [0, 0.1) is 11.8 Å². The molecule has 0 aliphatic rings. The first-order valence-electron chi connectivity index (χ1n) is 4.31. The van der Waals surface area contributed by atoms with Gasteiger partial charge in [-0.25, -0.2) is 4.79 Å². The van der Waals surface area contributed by atoms with Gasteiger partial charge in [0.05, 0.1) is 10.6 Å². The quantitative estimate of drug-likeness (QED) is 0.773. The fourth-order valence-electron chi connectivity index (χ4n) is 1.04. The van der Waals surface area contributed by atoms with Gasteiger partial charge in [0.15, 0.2) is 0 Å². The number of hydrogen-bond acceptors (Lipinski definition) is 2. The molecule has 0 radical (unpaired) electrons. The molecule has 0 atom stereocenters. The Bertz CT molecular complexity index is 500. The van der Waals surface area contributed by atoms with Gasteiger partial charge >= 0.3 is 5.97 Å². The van der Waals surface area contributed by atoms with E-state index in [9.17, 15) is 9.59 Å². The maximum absolute atomic E-state index is 11.1. The zero-order chi connectivity index (χ0) is 12.1. The summed E-state index contributed by atoms with van der Waals surface area (Å²) >= 11 is 5.67. The number of aromatic carboxylic acids is 1. The predicted molar refractivity (Wildman–Crippen MR) is 60.5 cm³/mol. The molecule has 0 saturated heterocycles. The second-order valence-electron chi connectivity index (χ2n) is 2.83. The summed E-state index contributed by atoms with van der Waals surface area (Å²) < 4.78 is 0. The van der Waals surface area contributed by atoms with Crippen LogP contribution in [0.2, 0.25) is 5.02 Å². The number of nitrogens with one attached hydrogen (secondary N) is 1. The Morgan fingerprint density at radius 3 is 2.69 bits per heavy atom. The van der Waals surface area contributed by atoms with Crippen molar-refractivity contribution < 1.29 is 14.7 Å². The van der Waals surface area contributed by atoms with E-state index in [0.717, 1.165) is 0 Å². The molecule has 0 unspecified atom stereocenters. The highest BCUT2D eigenvalue weighted by atomic mass is 35.5. The molecule has 0 fully saturated rings. The Kier molecular flexibility index (Phi) is 3.92. The van der Waals surface area contributed by atoms with Gasteiger partial charge in [0.2, 0.25) is 0 Å². The number of carbonyl (C=O) groups excluding carboxylic acids is 1. The summed E-state index contributed by atoms with van der Waals surface area (Å²) in [5, 5.41) is 11.4. The van der Waals surface area contributed by atoms with Crippen molar-refractivity contribution in [2.24, 2.45) is 0 Å². The minimum absolute atomic E-state index is 0.0658. The van der Waals surface area contributed by atoms with Crippen LogP contribution in [0.1, 0.15) is 17.3 Å². The molecule has 82 valence electrons. The molecule has 1 rings (SSSR count). The predicted octanol–water partition coefficient (Wildman–Crippen LogP) is 2.00. The first kappa shape index (κ1) is 12.1. The van der Waals surface area contributed by atoms with Crippen LogP contribution in [-0.2, 0) is 4.79 Å². The van der Waals surface area contributed by atoms with E-state index in [4.69, 9.17) is 16.7 Å². The molecule has 2 N–H and O–H groups in total. The SMILES string of the molecule is CC#CC(=O)Nc1ccc(Cl)c(C(=O)O)c1. The second kappa shape index (κ2) is 5.19. The van der Waals surface area contributed by atoms with Gasteiger partial charge in [0.1, 0.15) is 0 Å². The molecule has 0 aliphatic carbocycles. The van der Waals surface area contributed by atoms with E-state index in [0.29, 0.717) is 5.69 Å². The second-order valence-corrected chi connectivity index (χ2v) is 3.24. The number of halogens is 1. The van der Waals surface area contributed by atoms with Crippen LogP contribution < -0.4 is 5.32 Å². The van der Waals surface area contributed by atoms with Crippen LogP contribution in [0.25, 0.3) is 0 Å². The summed E-state index contributed by atoms with van der Waals surface area (Å²) in [6.07, 6.45) is 0. The third kappa shape index (κ3) is 3.01. The minimum Gasteiger partial charge on any atom is -0.478 e. The van der Waals surface area contributed by atoms with E-state index < -0.39 is 11.9 Å². The molecule has 4 nitrogen and oxygen atoms in total. The molecule has 0 heterocycles. The normalized spacial score (nSPS) is 8.88. The van der Waals surface area contributed by atoms with E-state index in [2.05, 4.69) is 17.2 Å². The summed E-state index contributed by atoms with van der Waals surface area (Å²) in [5.41, 5.74) is 0.276. The van der Waals surface area contributed by atoms with E-state index >= 15 is 0 Å². The van der Waals surface area contributed by atoms with Crippen LogP contribution in [0.3, 0.4) is 0 Å². The summed E-state index contributed by atoms with van der Waals surface area (Å²) in [6, 6.07) is 4.18. The fraction of sp³-hybridized carbons (Fsp3) is 0.0909. The highest BCUT2D eigenvalue weighted by Gasteiger charge is 2.09. The maximum Gasteiger partial charge on any atom is 0.337 e. The molecule has 1 aromatic carbocycles. The van der Waals surface area contributed by atoms with Crippen molar-refractivity contribution in [3.05, 3.63) is 28.8 Å². The summed E-state index contributed by atoms with van der Waals surface area (Å²) in [6.45, 7) is 1.53. The first-order valence-corrected chi connectivity index (χ1v) is 4.69. The Labute approximate surface area is 97.2 Å². The molecule has 0 saturated carbocycles. The molecule has 0 aliphatic heterocycles. The van der Waals surface area contributed by atoms with E-state index in [1.165, 1.54) is 25.1 Å². The molecule has 0 spiro atoms. The number of benzene rings is 1. The number of rotatable bonds is 2. The highest BCUT2D eigenvalue weighted by molar-refractivity contribution is 6.33. The van der Waals surface area contributed by atoms with Crippen LogP contribution in [0.15, 0.2) is 18.2 Å². The van der Waals surface area contributed by atoms with Crippen LogP contribution >= 0.6 is 11.6 Å². The average Bonchev–Trinajstić information content (AvgIpc) is 2.21. The van der Waals surface area contributed by atoms with Gasteiger partial charge in [-0.2, -0.15) is 0 Å². The Balaban J connectivity index is 2.98. The van der Waals surface area contributed by atoms with Crippen molar-refractivity contribution in [1.29, 1.82) is 0 Å². The summed E-state index contributed by atoms with van der Waals surface area (Å²) in [4.78, 5) is 21.9. The number of carbonyl (C=O) groups is 2. The van der Waals surface area contributed by atoms with Crippen LogP contribution in [0.5, 0.6) is 0 Å². The lowest BCUT2D eigenvalue weighted by atomic mass is 10.2. The van der Waals surface area contributed by atoms with Gasteiger partial charge in [-0.05, 0) is 31.0 Å². The smallest absolute Gasteiger partial charge is 0.337 e. The number of amides is 1. The largest absolute Gasteiger partial charge is 0.478 e. The van der Waals surface area contributed by atoms with E-state index in [1.807, 2.05) is 0 Å². The van der Waals surface area contributed by atoms with Crippen molar-refractivity contribution in [1.82, 2.24) is 0 Å². The van der Waals surface area contributed by atoms with E-state index in [-0.39, 0.29) is 10.6 Å². The molecule has 1 amide bonds. The average molecular weight is 238 g/mol. The van der Waals surface area contributed by atoms with Crippen LogP contribution in [-0.4, -0.2) is 17.0 Å². The van der Waals surface area contributed by atoms with Crippen molar-refractivity contribution in [3.63, 3.8) is 0 Å². The third-order valence-electron chi connectivity index (χ3n) is 1.69. The Morgan fingerprint density at radius 1 is 1.44 bits per heavy atom. The van der Waals surface area contributed by atoms with Gasteiger partial charge in [-0.1, -0.05) is 17.5 Å². The van der Waals surface area contributed by atoms with E-state index in [1.54, 1.807) is 0 Å². The van der Waals surface area contributed by atoms with Gasteiger partial charge in [-0.3, -0.25) is 4.79 Å². The highest BCUT2D eigenvalue weighted by Crippen LogP contribution is 2.20. The number of carboxylic acids is 1. The number of carboxylic acid groups (broad SMARTS) is 1. The lowest BCUT2D eigenvalue weighted by Gasteiger charge is -2.03. The van der Waals surface area contributed by atoms with Crippen LogP contribution in [0.4, 0.5) is 5.69 Å². The maximum atomic E-state index is 11.1. The van der Waals surface area contributed by atoms with Crippen molar-refractivity contribution in [2.75, 3.05) is 5.32 Å². The van der Waals surface area contributed by atoms with Crippen molar-refractivity contribution in [3.8, 4) is 11.8 Å². The fourth-order valence-corrected chi connectivity index (χ4v) is 1.24. The lowest BCUT2D eigenvalue weighted by Crippen LogP contribution is -2.09. The first-order chi connectivity index (χ1) is 7.54. The molecule has 16 heavy (non-hydrogen) atoms. The van der Waals surface area contributed by atoms with Gasteiger partial charge in [-0.15, -0.1) is 0 Å². The zero-order valence-corrected chi connectivity index (χ0v) is 9.13. The van der Waals surface area contributed by atoms with Gasteiger partial charge in [0, 0.05) is 5.69 Å². The van der Waals surface area contributed by atoms with Gasteiger partial charge < -0.3 is 10.4 Å². The number of hydrogen-bond donors (Lipinski definition) is 2. The third-order valence-corrected chi connectivity index (χ3v) is 2.02. The molecule has 1 aromatic rings. The Morgan fingerprint density at radius 2 is 2.12 bits per heavy atom. The number of anilines is 1. The monoisotopic (exact) mass is 237 g/mol. The minimum atomic E-state index is -1.15. The van der Waals surface area contributed by atoms with Crippen molar-refractivity contribution in [2.45, 2.75) is 6.92 Å². The zero-order valence-electron chi connectivity index (χ0n) is 8.37. The molecular weight excluding hydrogens is 230 g/mol. The summed E-state index contributed by atoms with van der Waals surface area (Å²) in [5.74, 6) is 3.06. The van der Waals surface area contributed by atoms with Gasteiger partial charge in [0.25, 0.3) is 5.91 Å².